The molecule has 1 aromatic heterocycles. The first-order valence-electron chi connectivity index (χ1n) is 5.48. The summed E-state index contributed by atoms with van der Waals surface area (Å²) in [5.74, 6) is 0.678. The number of nitrogens with zero attached hydrogens (tertiary/aromatic N) is 2. The highest BCUT2D eigenvalue weighted by Gasteiger charge is 2.23. The standard InChI is InChI=1S/C13H14N2/c1-10-7-8-13-12(10)9-14-15(13)11-5-3-2-4-6-11/h2-6,9-10H,7-8H2,1H3. The zero-order valence-electron chi connectivity index (χ0n) is 8.85. The van der Waals surface area contributed by atoms with Crippen LogP contribution in [-0.2, 0) is 6.42 Å². The van der Waals surface area contributed by atoms with Crippen molar-refractivity contribution in [3.05, 3.63) is 47.8 Å². The van der Waals surface area contributed by atoms with Crippen LogP contribution in [0.4, 0.5) is 0 Å². The second-order valence-corrected chi connectivity index (χ2v) is 4.23. The minimum Gasteiger partial charge on any atom is -0.238 e. The highest BCUT2D eigenvalue weighted by Crippen LogP contribution is 2.33. The van der Waals surface area contributed by atoms with E-state index in [1.165, 1.54) is 23.4 Å². The van der Waals surface area contributed by atoms with Crippen LogP contribution in [0, 0.1) is 0 Å². The summed E-state index contributed by atoms with van der Waals surface area (Å²) < 4.78 is 2.08. The van der Waals surface area contributed by atoms with Crippen molar-refractivity contribution in [3.8, 4) is 5.69 Å². The van der Waals surface area contributed by atoms with Gasteiger partial charge in [-0.15, -0.1) is 0 Å². The molecule has 76 valence electrons. The van der Waals surface area contributed by atoms with E-state index in [9.17, 15) is 0 Å². The minimum atomic E-state index is 0.678. The molecule has 0 aliphatic heterocycles. The van der Waals surface area contributed by atoms with Gasteiger partial charge in [-0.1, -0.05) is 25.1 Å². The lowest BCUT2D eigenvalue weighted by Crippen LogP contribution is -2.00. The molecule has 0 spiro atoms. The van der Waals surface area contributed by atoms with E-state index in [1.807, 2.05) is 12.3 Å². The molecule has 1 unspecified atom stereocenters. The molecule has 2 heteroatoms. The van der Waals surface area contributed by atoms with Crippen LogP contribution in [0.2, 0.25) is 0 Å². The van der Waals surface area contributed by atoms with Gasteiger partial charge in [-0.25, -0.2) is 4.68 Å². The Morgan fingerprint density at radius 2 is 2.07 bits per heavy atom. The van der Waals surface area contributed by atoms with E-state index in [2.05, 4.69) is 41.0 Å². The Hall–Kier alpha value is -1.57. The number of aromatic nitrogens is 2. The Bertz CT molecular complexity index is 471. The number of hydrogen-bond donors (Lipinski definition) is 0. The van der Waals surface area contributed by atoms with Gasteiger partial charge in [-0.2, -0.15) is 5.10 Å². The average molecular weight is 198 g/mol. The van der Waals surface area contributed by atoms with Gasteiger partial charge in [0.1, 0.15) is 0 Å². The molecule has 0 N–H and O–H groups in total. The van der Waals surface area contributed by atoms with Crippen LogP contribution < -0.4 is 0 Å². The van der Waals surface area contributed by atoms with Crippen LogP contribution >= 0.6 is 0 Å². The molecule has 1 aliphatic rings. The third-order valence-corrected chi connectivity index (χ3v) is 3.25. The predicted octanol–water partition coefficient (Wildman–Crippen LogP) is 2.92. The van der Waals surface area contributed by atoms with Crippen LogP contribution in [-0.4, -0.2) is 9.78 Å². The average Bonchev–Trinajstić information content (AvgIpc) is 2.83. The van der Waals surface area contributed by atoms with Crippen molar-refractivity contribution in [1.82, 2.24) is 9.78 Å². The maximum absolute atomic E-state index is 4.48. The molecule has 0 bridgehead atoms. The second-order valence-electron chi connectivity index (χ2n) is 4.23. The second kappa shape index (κ2) is 3.23. The smallest absolute Gasteiger partial charge is 0.0648 e. The molecule has 1 heterocycles. The fraction of sp³-hybridized carbons (Fsp3) is 0.308. The first-order valence-corrected chi connectivity index (χ1v) is 5.48. The summed E-state index contributed by atoms with van der Waals surface area (Å²) in [7, 11) is 0. The van der Waals surface area contributed by atoms with Gasteiger partial charge >= 0.3 is 0 Å². The zero-order chi connectivity index (χ0) is 10.3. The van der Waals surface area contributed by atoms with Crippen molar-refractivity contribution in [2.24, 2.45) is 0 Å². The van der Waals surface area contributed by atoms with Crippen LogP contribution in [0.25, 0.3) is 5.69 Å². The van der Waals surface area contributed by atoms with Gasteiger partial charge < -0.3 is 0 Å². The van der Waals surface area contributed by atoms with Crippen molar-refractivity contribution in [2.45, 2.75) is 25.7 Å². The quantitative estimate of drug-likeness (QED) is 0.689. The summed E-state index contributed by atoms with van der Waals surface area (Å²) in [5, 5.41) is 4.48. The van der Waals surface area contributed by atoms with Crippen molar-refractivity contribution >= 4 is 0 Å². The van der Waals surface area contributed by atoms with Gasteiger partial charge in [-0.3, -0.25) is 0 Å². The molecule has 0 saturated heterocycles. The van der Waals surface area contributed by atoms with E-state index < -0.39 is 0 Å². The summed E-state index contributed by atoms with van der Waals surface area (Å²) in [5.41, 5.74) is 4.00. The van der Waals surface area contributed by atoms with Crippen molar-refractivity contribution in [2.75, 3.05) is 0 Å². The van der Waals surface area contributed by atoms with Crippen LogP contribution in [0.5, 0.6) is 0 Å². The molecule has 2 nitrogen and oxygen atoms in total. The van der Waals surface area contributed by atoms with Crippen molar-refractivity contribution in [3.63, 3.8) is 0 Å². The largest absolute Gasteiger partial charge is 0.238 e. The molecule has 15 heavy (non-hydrogen) atoms. The van der Waals surface area contributed by atoms with E-state index in [-0.39, 0.29) is 0 Å². The monoisotopic (exact) mass is 198 g/mol. The molecule has 0 radical (unpaired) electrons. The Balaban J connectivity index is 2.12. The molecule has 3 rings (SSSR count). The number of hydrogen-bond acceptors (Lipinski definition) is 1. The summed E-state index contributed by atoms with van der Waals surface area (Å²) in [4.78, 5) is 0. The van der Waals surface area contributed by atoms with E-state index in [1.54, 1.807) is 0 Å². The van der Waals surface area contributed by atoms with Crippen LogP contribution in [0.15, 0.2) is 36.5 Å². The Kier molecular flexibility index (Phi) is 1.88. The molecule has 0 saturated carbocycles. The summed E-state index contributed by atoms with van der Waals surface area (Å²) in [6.45, 7) is 2.28. The summed E-state index contributed by atoms with van der Waals surface area (Å²) in [6.07, 6.45) is 4.45. The molecule has 2 aromatic rings. The molecular formula is C13H14N2. The number of benzene rings is 1. The number of para-hydroxylation sites is 1. The molecule has 1 aromatic carbocycles. The highest BCUT2D eigenvalue weighted by atomic mass is 15.3. The first-order chi connectivity index (χ1) is 7.36. The Morgan fingerprint density at radius 1 is 1.27 bits per heavy atom. The third-order valence-electron chi connectivity index (χ3n) is 3.25. The van der Waals surface area contributed by atoms with E-state index in [0.717, 1.165) is 6.42 Å². The fourth-order valence-corrected chi connectivity index (χ4v) is 2.35. The van der Waals surface area contributed by atoms with Gasteiger partial charge in [0.25, 0.3) is 0 Å². The topological polar surface area (TPSA) is 17.8 Å². The first kappa shape index (κ1) is 8.72. The van der Waals surface area contributed by atoms with Crippen molar-refractivity contribution < 1.29 is 0 Å². The fourth-order valence-electron chi connectivity index (χ4n) is 2.35. The van der Waals surface area contributed by atoms with Gasteiger partial charge in [0.05, 0.1) is 11.9 Å². The lowest BCUT2D eigenvalue weighted by Gasteiger charge is -2.04. The van der Waals surface area contributed by atoms with Gasteiger partial charge in [0.15, 0.2) is 0 Å². The highest BCUT2D eigenvalue weighted by molar-refractivity contribution is 5.37. The normalized spacial score (nSPS) is 19.1. The van der Waals surface area contributed by atoms with Crippen LogP contribution in [0.3, 0.4) is 0 Å². The summed E-state index contributed by atoms with van der Waals surface area (Å²) >= 11 is 0. The van der Waals surface area contributed by atoms with Crippen LogP contribution in [0.1, 0.15) is 30.5 Å². The van der Waals surface area contributed by atoms with E-state index >= 15 is 0 Å². The maximum Gasteiger partial charge on any atom is 0.0648 e. The summed E-state index contributed by atoms with van der Waals surface area (Å²) in [6, 6.07) is 10.4. The lowest BCUT2D eigenvalue weighted by molar-refractivity contribution is 0.717. The zero-order valence-corrected chi connectivity index (χ0v) is 8.85. The predicted molar refractivity (Wildman–Crippen MR) is 60.3 cm³/mol. The Labute approximate surface area is 89.5 Å². The number of rotatable bonds is 1. The Morgan fingerprint density at radius 3 is 2.87 bits per heavy atom. The molecule has 0 fully saturated rings. The maximum atomic E-state index is 4.48. The molecule has 1 aliphatic carbocycles. The van der Waals surface area contributed by atoms with Gasteiger partial charge in [0.2, 0.25) is 0 Å². The third kappa shape index (κ3) is 1.29. The van der Waals surface area contributed by atoms with Crippen molar-refractivity contribution in [1.29, 1.82) is 0 Å². The molecule has 0 amide bonds. The molecular weight excluding hydrogens is 184 g/mol. The van der Waals surface area contributed by atoms with Gasteiger partial charge in [-0.05, 0) is 36.5 Å². The van der Waals surface area contributed by atoms with E-state index in [0.29, 0.717) is 5.92 Å². The lowest BCUT2D eigenvalue weighted by atomic mass is 10.1. The number of fused-ring (bicyclic) bond motifs is 1. The van der Waals surface area contributed by atoms with Gasteiger partial charge in [0, 0.05) is 5.69 Å². The SMILES string of the molecule is CC1CCc2c1cnn2-c1ccccc1. The van der Waals surface area contributed by atoms with E-state index in [4.69, 9.17) is 0 Å². The molecule has 1 atom stereocenters. The minimum absolute atomic E-state index is 0.678.